The van der Waals surface area contributed by atoms with Gasteiger partial charge < -0.3 is 27.3 Å². The molecule has 7 N–H and O–H groups in total. The zero-order valence-corrected chi connectivity index (χ0v) is 24.7. The highest BCUT2D eigenvalue weighted by Gasteiger charge is 2.22. The molecule has 2 amide bonds. The Kier molecular flexibility index (Phi) is 12.4. The Morgan fingerprint density at radius 1 is 0.902 bits per heavy atom. The molecule has 3 aromatic rings. The van der Waals surface area contributed by atoms with E-state index in [9.17, 15) is 9.59 Å². The molecular weight excluding hydrogens is 512 g/mol. The average molecular weight is 559 g/mol. The minimum Gasteiger partial charge on any atom is -0.494 e. The lowest BCUT2D eigenvalue weighted by molar-refractivity contribution is -0.128. The van der Waals surface area contributed by atoms with Crippen LogP contribution in [0, 0.1) is 13.8 Å². The minimum absolute atomic E-state index is 0.358. The maximum Gasteiger partial charge on any atom is 0.240 e. The maximum absolute atomic E-state index is 12.8. The van der Waals surface area contributed by atoms with Gasteiger partial charge in [-0.2, -0.15) is 0 Å². The number of aryl methyl sites for hydroxylation is 4. The third-order valence-corrected chi connectivity index (χ3v) is 7.28. The molecule has 1 unspecified atom stereocenters. The third-order valence-electron chi connectivity index (χ3n) is 7.28. The van der Waals surface area contributed by atoms with Gasteiger partial charge in [0.25, 0.3) is 0 Å². The van der Waals surface area contributed by atoms with Crippen LogP contribution in [0.3, 0.4) is 0 Å². The standard InChI is InChI=1S/C34H46N4O3/c1-4-27-22-29(41-17-6-5-16-35)14-15-30(27)28-12-10-25(11-13-28)21-31(36)34(40)38-32(33(37)39)9-7-8-26-19-23(2)18-24(3)20-26/h10-15,18-20,22,31-32H,4-9,16-17,21,35-36H2,1-3H3,(H2,37,39)(H,38,40)/t31-,32?/m0/s1. The van der Waals surface area contributed by atoms with Crippen molar-refractivity contribution in [1.29, 1.82) is 0 Å². The number of primary amides is 1. The summed E-state index contributed by atoms with van der Waals surface area (Å²) in [6.07, 6.45) is 5.14. The van der Waals surface area contributed by atoms with Crippen molar-refractivity contribution < 1.29 is 14.3 Å². The fraction of sp³-hybridized carbons (Fsp3) is 0.412. The van der Waals surface area contributed by atoms with Gasteiger partial charge in [0.1, 0.15) is 11.8 Å². The molecule has 0 aliphatic heterocycles. The molecule has 7 nitrogen and oxygen atoms in total. The molecule has 41 heavy (non-hydrogen) atoms. The first-order valence-electron chi connectivity index (χ1n) is 14.7. The molecule has 0 spiro atoms. The molecule has 0 radical (unpaired) electrons. The second-order valence-electron chi connectivity index (χ2n) is 10.9. The zero-order chi connectivity index (χ0) is 29.8. The molecule has 220 valence electrons. The molecule has 0 bridgehead atoms. The SMILES string of the molecule is CCc1cc(OCCCCN)ccc1-c1ccc(C[C@H](N)C(=O)NC(CCCc2cc(C)cc(C)c2)C(N)=O)cc1. The van der Waals surface area contributed by atoms with Gasteiger partial charge in [-0.25, -0.2) is 0 Å². The Bertz CT molecular complexity index is 1270. The molecule has 0 aliphatic carbocycles. The summed E-state index contributed by atoms with van der Waals surface area (Å²) in [5.41, 5.74) is 25.4. The second-order valence-corrected chi connectivity index (χ2v) is 10.9. The molecule has 0 saturated carbocycles. The van der Waals surface area contributed by atoms with E-state index in [2.05, 4.69) is 68.6 Å². The van der Waals surface area contributed by atoms with Crippen LogP contribution < -0.4 is 27.3 Å². The van der Waals surface area contributed by atoms with Crippen LogP contribution in [0.15, 0.2) is 60.7 Å². The van der Waals surface area contributed by atoms with Crippen LogP contribution in [0.2, 0.25) is 0 Å². The van der Waals surface area contributed by atoms with Gasteiger partial charge in [0.2, 0.25) is 11.8 Å². The van der Waals surface area contributed by atoms with Crippen LogP contribution in [0.5, 0.6) is 5.75 Å². The molecule has 3 aromatic carbocycles. The van der Waals surface area contributed by atoms with Gasteiger partial charge in [-0.05, 0) is 105 Å². The monoisotopic (exact) mass is 558 g/mol. The van der Waals surface area contributed by atoms with Gasteiger partial charge in [0.05, 0.1) is 12.6 Å². The quantitative estimate of drug-likeness (QED) is 0.192. The normalized spacial score (nSPS) is 12.5. The predicted octanol–water partition coefficient (Wildman–Crippen LogP) is 4.51. The molecule has 0 aliphatic rings. The number of nitrogens with one attached hydrogen (secondary N) is 1. The molecule has 0 fully saturated rings. The Hall–Kier alpha value is -3.68. The van der Waals surface area contributed by atoms with Crippen LogP contribution >= 0.6 is 0 Å². The lowest BCUT2D eigenvalue weighted by atomic mass is 9.95. The number of ether oxygens (including phenoxy) is 1. The second kappa shape index (κ2) is 15.9. The van der Waals surface area contributed by atoms with Crippen molar-refractivity contribution in [2.45, 2.75) is 77.8 Å². The van der Waals surface area contributed by atoms with Gasteiger partial charge in [0, 0.05) is 0 Å². The first kappa shape index (κ1) is 31.8. The number of hydrogen-bond donors (Lipinski definition) is 4. The van der Waals surface area contributed by atoms with E-state index in [0.717, 1.165) is 54.5 Å². The van der Waals surface area contributed by atoms with Crippen molar-refractivity contribution in [1.82, 2.24) is 5.32 Å². The Balaban J connectivity index is 1.55. The van der Waals surface area contributed by atoms with E-state index >= 15 is 0 Å². The van der Waals surface area contributed by atoms with Crippen molar-refractivity contribution in [3.05, 3.63) is 88.5 Å². The smallest absolute Gasteiger partial charge is 0.240 e. The Morgan fingerprint density at radius 2 is 1.61 bits per heavy atom. The number of hydrogen-bond acceptors (Lipinski definition) is 5. The Labute approximate surface area is 244 Å². The summed E-state index contributed by atoms with van der Waals surface area (Å²) < 4.78 is 5.88. The lowest BCUT2D eigenvalue weighted by Crippen LogP contribution is -2.51. The summed E-state index contributed by atoms with van der Waals surface area (Å²) in [4.78, 5) is 24.9. The fourth-order valence-electron chi connectivity index (χ4n) is 5.13. The molecule has 0 heterocycles. The highest BCUT2D eigenvalue weighted by molar-refractivity contribution is 5.89. The molecular formula is C34H46N4O3. The number of rotatable bonds is 16. The van der Waals surface area contributed by atoms with Crippen LogP contribution in [-0.4, -0.2) is 37.0 Å². The van der Waals surface area contributed by atoms with E-state index in [1.807, 2.05) is 18.2 Å². The topological polar surface area (TPSA) is 133 Å². The Morgan fingerprint density at radius 3 is 2.24 bits per heavy atom. The number of carbonyl (C=O) groups excluding carboxylic acids is 2. The number of benzene rings is 3. The largest absolute Gasteiger partial charge is 0.494 e. The first-order chi connectivity index (χ1) is 19.7. The summed E-state index contributed by atoms with van der Waals surface area (Å²) in [6.45, 7) is 7.61. The fourth-order valence-corrected chi connectivity index (χ4v) is 5.13. The minimum atomic E-state index is -0.788. The molecule has 0 saturated heterocycles. The van der Waals surface area contributed by atoms with Crippen LogP contribution in [-0.2, 0) is 28.9 Å². The highest BCUT2D eigenvalue weighted by atomic mass is 16.5. The molecule has 2 atom stereocenters. The predicted molar refractivity (Wildman–Crippen MR) is 167 cm³/mol. The molecule has 7 heteroatoms. The third kappa shape index (κ3) is 10.0. The van der Waals surface area contributed by atoms with E-state index in [1.54, 1.807) is 0 Å². The van der Waals surface area contributed by atoms with Gasteiger partial charge in [-0.3, -0.25) is 9.59 Å². The van der Waals surface area contributed by atoms with Crippen molar-refractivity contribution in [3.63, 3.8) is 0 Å². The van der Waals surface area contributed by atoms with E-state index in [-0.39, 0.29) is 5.91 Å². The van der Waals surface area contributed by atoms with Crippen molar-refractivity contribution >= 4 is 11.8 Å². The van der Waals surface area contributed by atoms with Crippen LogP contribution in [0.1, 0.15) is 60.4 Å². The number of carbonyl (C=O) groups is 2. The summed E-state index contributed by atoms with van der Waals surface area (Å²) in [5.74, 6) is -0.0515. The zero-order valence-electron chi connectivity index (χ0n) is 24.7. The lowest BCUT2D eigenvalue weighted by Gasteiger charge is -2.19. The highest BCUT2D eigenvalue weighted by Crippen LogP contribution is 2.28. The maximum atomic E-state index is 12.8. The van der Waals surface area contributed by atoms with Crippen molar-refractivity contribution in [2.24, 2.45) is 17.2 Å². The average Bonchev–Trinajstić information content (AvgIpc) is 2.94. The summed E-state index contributed by atoms with van der Waals surface area (Å²) >= 11 is 0. The number of amides is 2. The van der Waals surface area contributed by atoms with E-state index in [4.69, 9.17) is 21.9 Å². The number of nitrogens with two attached hydrogens (primary N) is 3. The van der Waals surface area contributed by atoms with Crippen LogP contribution in [0.4, 0.5) is 0 Å². The van der Waals surface area contributed by atoms with Crippen molar-refractivity contribution in [3.8, 4) is 16.9 Å². The molecule has 0 aromatic heterocycles. The van der Waals surface area contributed by atoms with Crippen molar-refractivity contribution in [2.75, 3.05) is 13.2 Å². The van der Waals surface area contributed by atoms with E-state index < -0.39 is 18.0 Å². The van der Waals surface area contributed by atoms with Crippen LogP contribution in [0.25, 0.3) is 11.1 Å². The van der Waals surface area contributed by atoms with Gasteiger partial charge in [-0.1, -0.05) is 66.6 Å². The van der Waals surface area contributed by atoms with Gasteiger partial charge >= 0.3 is 0 Å². The van der Waals surface area contributed by atoms with E-state index in [0.29, 0.717) is 26.0 Å². The first-order valence-corrected chi connectivity index (χ1v) is 14.7. The summed E-state index contributed by atoms with van der Waals surface area (Å²) in [6, 6.07) is 19.2. The van der Waals surface area contributed by atoms with E-state index in [1.165, 1.54) is 22.3 Å². The summed E-state index contributed by atoms with van der Waals surface area (Å²) in [5, 5.41) is 2.77. The summed E-state index contributed by atoms with van der Waals surface area (Å²) in [7, 11) is 0. The van der Waals surface area contributed by atoms with Gasteiger partial charge in [-0.15, -0.1) is 0 Å². The molecule has 3 rings (SSSR count). The van der Waals surface area contributed by atoms with Gasteiger partial charge in [0.15, 0.2) is 0 Å². The number of unbranched alkanes of at least 4 members (excludes halogenated alkanes) is 1.